The molecule has 1 saturated carbocycles. The van der Waals surface area contributed by atoms with Gasteiger partial charge in [-0.25, -0.2) is 9.50 Å². The predicted molar refractivity (Wildman–Crippen MR) is 100 cm³/mol. The fraction of sp³-hybridized carbons (Fsp3) is 0.650. The lowest BCUT2D eigenvalue weighted by Gasteiger charge is -2.29. The lowest BCUT2D eigenvalue weighted by Crippen LogP contribution is -2.37. The van der Waals surface area contributed by atoms with Gasteiger partial charge in [0, 0.05) is 18.9 Å². The Bertz CT molecular complexity index is 778. The van der Waals surface area contributed by atoms with E-state index in [0.717, 1.165) is 42.3 Å². The van der Waals surface area contributed by atoms with E-state index in [1.54, 1.807) is 0 Å². The highest BCUT2D eigenvalue weighted by atomic mass is 16.1. The van der Waals surface area contributed by atoms with Crippen molar-refractivity contribution in [3.63, 3.8) is 0 Å². The van der Waals surface area contributed by atoms with Crippen molar-refractivity contribution in [3.05, 3.63) is 29.7 Å². The number of nitrogens with two attached hydrogens (primary N) is 1. The van der Waals surface area contributed by atoms with Gasteiger partial charge < -0.3 is 11.1 Å². The summed E-state index contributed by atoms with van der Waals surface area (Å²) in [6.45, 7) is 3.12. The highest BCUT2D eigenvalue weighted by Gasteiger charge is 2.27. The summed E-state index contributed by atoms with van der Waals surface area (Å²) in [5, 5.41) is 7.63. The van der Waals surface area contributed by atoms with E-state index < -0.39 is 0 Å². The van der Waals surface area contributed by atoms with Crippen LogP contribution in [0.2, 0.25) is 0 Å². The zero-order valence-corrected chi connectivity index (χ0v) is 15.5. The molecule has 6 heteroatoms. The van der Waals surface area contributed by atoms with Crippen LogP contribution in [0.15, 0.2) is 18.3 Å². The Morgan fingerprint density at radius 1 is 1.27 bits per heavy atom. The molecule has 2 aromatic heterocycles. The number of hydrogen-bond donors (Lipinski definition) is 2. The molecule has 1 saturated heterocycles. The summed E-state index contributed by atoms with van der Waals surface area (Å²) in [5.74, 6) is 1.52. The number of rotatable bonds is 4. The van der Waals surface area contributed by atoms with Crippen LogP contribution in [0.5, 0.6) is 0 Å². The van der Waals surface area contributed by atoms with Gasteiger partial charge in [0.1, 0.15) is 0 Å². The first-order valence-corrected chi connectivity index (χ1v) is 9.98. The number of amides is 1. The number of nitrogens with one attached hydrogen (secondary N) is 1. The van der Waals surface area contributed by atoms with Gasteiger partial charge in [0.2, 0.25) is 5.91 Å². The maximum atomic E-state index is 12.0. The summed E-state index contributed by atoms with van der Waals surface area (Å²) < 4.78 is 1.83. The zero-order valence-electron chi connectivity index (χ0n) is 15.5. The molecule has 2 aromatic rings. The Kier molecular flexibility index (Phi) is 4.94. The molecule has 0 bridgehead atoms. The van der Waals surface area contributed by atoms with Gasteiger partial charge in [0.25, 0.3) is 0 Å². The van der Waals surface area contributed by atoms with Crippen LogP contribution in [-0.2, 0) is 11.2 Å². The molecule has 26 heavy (non-hydrogen) atoms. The zero-order chi connectivity index (χ0) is 18.1. The molecule has 140 valence electrons. The van der Waals surface area contributed by atoms with Gasteiger partial charge in [-0.2, -0.15) is 5.10 Å². The summed E-state index contributed by atoms with van der Waals surface area (Å²) in [6.07, 6.45) is 9.53. The molecule has 0 unspecified atom stereocenters. The van der Waals surface area contributed by atoms with E-state index in [0.29, 0.717) is 12.3 Å². The minimum atomic E-state index is -0.0169. The van der Waals surface area contributed by atoms with Gasteiger partial charge >= 0.3 is 0 Å². The number of imidazole rings is 1. The first-order chi connectivity index (χ1) is 12.6. The molecule has 2 atom stereocenters. The van der Waals surface area contributed by atoms with E-state index in [1.165, 1.54) is 25.7 Å². The SMILES string of the molecule is CC1CCC([C@H](N)c2cn3nc(C[C@@H]4CCCNC4=O)ccc3n2)CC1. The lowest BCUT2D eigenvalue weighted by molar-refractivity contribution is -0.126. The van der Waals surface area contributed by atoms with E-state index in [-0.39, 0.29) is 17.9 Å². The summed E-state index contributed by atoms with van der Waals surface area (Å²) in [6, 6.07) is 3.96. The molecule has 0 aromatic carbocycles. The van der Waals surface area contributed by atoms with Gasteiger partial charge in [-0.15, -0.1) is 0 Å². The Morgan fingerprint density at radius 3 is 2.85 bits per heavy atom. The topological polar surface area (TPSA) is 85.3 Å². The number of carbonyl (C=O) groups excluding carboxylic acids is 1. The first kappa shape index (κ1) is 17.5. The second kappa shape index (κ2) is 7.35. The normalized spacial score (nSPS) is 28.1. The van der Waals surface area contributed by atoms with Crippen LogP contribution in [0.25, 0.3) is 5.65 Å². The molecule has 0 spiro atoms. The summed E-state index contributed by atoms with van der Waals surface area (Å²) in [5.41, 5.74) is 9.23. The number of fused-ring (bicyclic) bond motifs is 1. The van der Waals surface area contributed by atoms with Gasteiger partial charge in [-0.1, -0.05) is 19.8 Å². The number of nitrogens with zero attached hydrogens (tertiary/aromatic N) is 3. The third-order valence-electron chi connectivity index (χ3n) is 6.16. The summed E-state index contributed by atoms with van der Waals surface area (Å²) >= 11 is 0. The largest absolute Gasteiger partial charge is 0.356 e. The Hall–Kier alpha value is -1.95. The van der Waals surface area contributed by atoms with Gasteiger partial charge in [0.05, 0.1) is 23.6 Å². The third-order valence-corrected chi connectivity index (χ3v) is 6.16. The van der Waals surface area contributed by atoms with E-state index in [2.05, 4.69) is 17.3 Å². The van der Waals surface area contributed by atoms with Crippen LogP contribution >= 0.6 is 0 Å². The smallest absolute Gasteiger partial charge is 0.223 e. The van der Waals surface area contributed by atoms with Crippen molar-refractivity contribution in [1.29, 1.82) is 0 Å². The second-order valence-corrected chi connectivity index (χ2v) is 8.17. The van der Waals surface area contributed by atoms with Crippen LogP contribution < -0.4 is 11.1 Å². The van der Waals surface area contributed by atoms with Gasteiger partial charge in [-0.05, 0) is 49.7 Å². The maximum Gasteiger partial charge on any atom is 0.223 e. The molecule has 1 aliphatic heterocycles. The van der Waals surface area contributed by atoms with Gasteiger partial charge in [-0.3, -0.25) is 4.79 Å². The molecule has 4 rings (SSSR count). The Balaban J connectivity index is 1.49. The molecule has 1 aliphatic carbocycles. The highest BCUT2D eigenvalue weighted by molar-refractivity contribution is 5.79. The van der Waals surface area contributed by atoms with Crippen molar-refractivity contribution in [2.75, 3.05) is 6.54 Å². The van der Waals surface area contributed by atoms with Crippen molar-refractivity contribution >= 4 is 11.6 Å². The summed E-state index contributed by atoms with van der Waals surface area (Å²) in [4.78, 5) is 16.7. The van der Waals surface area contributed by atoms with Crippen LogP contribution in [0, 0.1) is 17.8 Å². The van der Waals surface area contributed by atoms with E-state index in [9.17, 15) is 4.79 Å². The van der Waals surface area contributed by atoms with Crippen molar-refractivity contribution in [3.8, 4) is 0 Å². The predicted octanol–water partition coefficient (Wildman–Crippen LogP) is 2.62. The highest BCUT2D eigenvalue weighted by Crippen LogP contribution is 2.35. The average Bonchev–Trinajstić information content (AvgIpc) is 3.07. The molecule has 3 N–H and O–H groups in total. The molecule has 6 nitrogen and oxygen atoms in total. The van der Waals surface area contributed by atoms with E-state index >= 15 is 0 Å². The quantitative estimate of drug-likeness (QED) is 0.883. The average molecular weight is 355 g/mol. The van der Waals surface area contributed by atoms with E-state index in [1.807, 2.05) is 22.8 Å². The molecular weight excluding hydrogens is 326 g/mol. The second-order valence-electron chi connectivity index (χ2n) is 8.17. The molecule has 2 aliphatic rings. The van der Waals surface area contributed by atoms with Crippen molar-refractivity contribution in [1.82, 2.24) is 19.9 Å². The number of piperidine rings is 1. The Labute approximate surface area is 154 Å². The molecule has 3 heterocycles. The van der Waals surface area contributed by atoms with Crippen LogP contribution in [0.3, 0.4) is 0 Å². The lowest BCUT2D eigenvalue weighted by atomic mass is 9.79. The van der Waals surface area contributed by atoms with E-state index in [4.69, 9.17) is 10.7 Å². The molecule has 2 fully saturated rings. The van der Waals surface area contributed by atoms with Crippen molar-refractivity contribution in [2.24, 2.45) is 23.5 Å². The number of carbonyl (C=O) groups is 1. The number of hydrogen-bond acceptors (Lipinski definition) is 4. The fourth-order valence-corrected chi connectivity index (χ4v) is 4.38. The van der Waals surface area contributed by atoms with Gasteiger partial charge in [0.15, 0.2) is 5.65 Å². The molecule has 0 radical (unpaired) electrons. The maximum absolute atomic E-state index is 12.0. The molecule has 1 amide bonds. The van der Waals surface area contributed by atoms with Crippen molar-refractivity contribution in [2.45, 2.75) is 57.9 Å². The summed E-state index contributed by atoms with van der Waals surface area (Å²) in [7, 11) is 0. The fourth-order valence-electron chi connectivity index (χ4n) is 4.38. The first-order valence-electron chi connectivity index (χ1n) is 9.98. The Morgan fingerprint density at radius 2 is 2.08 bits per heavy atom. The standard InChI is InChI=1S/C20H29N5O/c1-13-4-6-14(7-5-13)19(21)17-12-25-18(23-17)9-8-16(24-25)11-15-3-2-10-22-20(15)26/h8-9,12-15,19H,2-7,10-11,21H2,1H3,(H,22,26)/t13?,14?,15-,19-/m0/s1. The third kappa shape index (κ3) is 3.61. The van der Waals surface area contributed by atoms with Crippen LogP contribution in [0.4, 0.5) is 0 Å². The minimum absolute atomic E-state index is 0.0169. The van der Waals surface area contributed by atoms with Crippen LogP contribution in [0.1, 0.15) is 62.9 Å². The number of aromatic nitrogens is 3. The van der Waals surface area contributed by atoms with Crippen LogP contribution in [-0.4, -0.2) is 27.0 Å². The van der Waals surface area contributed by atoms with Crippen molar-refractivity contribution < 1.29 is 4.79 Å². The molecular formula is C20H29N5O. The minimum Gasteiger partial charge on any atom is -0.356 e. The monoisotopic (exact) mass is 355 g/mol.